The Hall–Kier alpha value is -1.91. The molecule has 0 radical (unpaired) electrons. The van der Waals surface area contributed by atoms with Crippen molar-refractivity contribution in [1.29, 1.82) is 0 Å². The molecule has 0 aliphatic heterocycles. The Morgan fingerprint density at radius 3 is 2.55 bits per heavy atom. The van der Waals surface area contributed by atoms with E-state index in [0.717, 1.165) is 11.8 Å². The summed E-state index contributed by atoms with van der Waals surface area (Å²) in [5.74, 6) is 0.0874. The average molecular weight is 309 g/mol. The van der Waals surface area contributed by atoms with Gasteiger partial charge in [0.25, 0.3) is 0 Å². The molecule has 0 saturated carbocycles. The second-order valence-corrected chi connectivity index (χ2v) is 4.91. The smallest absolute Gasteiger partial charge is 0.167 e. The lowest BCUT2D eigenvalue weighted by molar-refractivity contribution is 0.435. The number of rotatable bonds is 2. The molecule has 0 aliphatic carbocycles. The van der Waals surface area contributed by atoms with Gasteiger partial charge in [0, 0.05) is 23.4 Å². The van der Waals surface area contributed by atoms with Crippen molar-refractivity contribution in [3.63, 3.8) is 0 Å². The first-order valence-electron chi connectivity index (χ1n) is 5.66. The molecule has 0 N–H and O–H groups in total. The number of aromatic nitrogens is 2. The van der Waals surface area contributed by atoms with Crippen molar-refractivity contribution in [2.75, 3.05) is 0 Å². The number of benzene rings is 1. The highest BCUT2D eigenvalue weighted by atomic mass is 35.5. The Kier molecular flexibility index (Phi) is 3.42. The van der Waals surface area contributed by atoms with Crippen LogP contribution in [0.2, 0.25) is 10.0 Å². The molecule has 100 valence electrons. The third-order valence-electron chi connectivity index (χ3n) is 2.71. The molecule has 0 fully saturated rings. The normalized spacial score (nSPS) is 10.8. The molecule has 1 aromatic carbocycles. The Morgan fingerprint density at radius 2 is 1.80 bits per heavy atom. The van der Waals surface area contributed by atoms with Crippen molar-refractivity contribution in [3.05, 3.63) is 58.6 Å². The maximum atomic E-state index is 13.1. The molecule has 0 amide bonds. The Labute approximate surface area is 124 Å². The number of nitrogens with zero attached hydrogens (tertiary/aromatic N) is 2. The zero-order valence-corrected chi connectivity index (χ0v) is 11.5. The second-order valence-electron chi connectivity index (χ2n) is 4.10. The van der Waals surface area contributed by atoms with Crippen LogP contribution in [0.4, 0.5) is 4.39 Å². The summed E-state index contributed by atoms with van der Waals surface area (Å²) in [6.45, 7) is 0. The van der Waals surface area contributed by atoms with Crippen LogP contribution >= 0.6 is 23.2 Å². The van der Waals surface area contributed by atoms with Crippen molar-refractivity contribution < 1.29 is 8.91 Å². The Balaban J connectivity index is 1.99. The van der Waals surface area contributed by atoms with E-state index in [2.05, 4.69) is 10.1 Å². The molecule has 6 heteroatoms. The van der Waals surface area contributed by atoms with Crippen molar-refractivity contribution in [2.45, 2.75) is 0 Å². The zero-order chi connectivity index (χ0) is 14.1. The minimum Gasteiger partial charge on any atom is -0.356 e. The van der Waals surface area contributed by atoms with Gasteiger partial charge in [-0.25, -0.2) is 4.39 Å². The van der Waals surface area contributed by atoms with Crippen LogP contribution in [0.5, 0.6) is 0 Å². The summed E-state index contributed by atoms with van der Waals surface area (Å²) in [5, 5.41) is 4.79. The minimum absolute atomic E-state index is 0.425. The maximum absolute atomic E-state index is 13.1. The van der Waals surface area contributed by atoms with Crippen molar-refractivity contribution in [2.24, 2.45) is 0 Å². The number of pyridine rings is 1. The van der Waals surface area contributed by atoms with Gasteiger partial charge in [-0.05, 0) is 24.3 Å². The van der Waals surface area contributed by atoms with Gasteiger partial charge in [0.15, 0.2) is 5.76 Å². The lowest BCUT2D eigenvalue weighted by Crippen LogP contribution is -1.82. The predicted octanol–water partition coefficient (Wildman–Crippen LogP) is 4.85. The monoisotopic (exact) mass is 308 g/mol. The van der Waals surface area contributed by atoms with Crippen LogP contribution in [-0.4, -0.2) is 10.1 Å². The largest absolute Gasteiger partial charge is 0.356 e. The zero-order valence-electron chi connectivity index (χ0n) is 9.98. The maximum Gasteiger partial charge on any atom is 0.167 e. The predicted molar refractivity (Wildman–Crippen MR) is 75.1 cm³/mol. The molecule has 2 heterocycles. The van der Waals surface area contributed by atoms with Gasteiger partial charge in [-0.2, -0.15) is 0 Å². The molecule has 0 atom stereocenters. The second kappa shape index (κ2) is 5.23. The molecule has 0 unspecified atom stereocenters. The first-order valence-corrected chi connectivity index (χ1v) is 6.42. The van der Waals surface area contributed by atoms with Gasteiger partial charge in [0.1, 0.15) is 11.5 Å². The summed E-state index contributed by atoms with van der Waals surface area (Å²) in [6.07, 6.45) is 2.64. The molecule has 0 saturated heterocycles. The summed E-state index contributed by atoms with van der Waals surface area (Å²) in [6, 6.07) is 8.14. The van der Waals surface area contributed by atoms with Crippen LogP contribution in [-0.2, 0) is 0 Å². The van der Waals surface area contributed by atoms with Gasteiger partial charge < -0.3 is 4.52 Å². The standard InChI is InChI=1S/C14H7Cl2FN2O/c15-11-2-1-8(4-12(11)16)14-5-13(19-20-14)9-3-10(17)7-18-6-9/h1-7H. The van der Waals surface area contributed by atoms with Crippen LogP contribution in [0, 0.1) is 5.82 Å². The SMILES string of the molecule is Fc1cncc(-c2cc(-c3ccc(Cl)c(Cl)c3)on2)c1. The summed E-state index contributed by atoms with van der Waals surface area (Å²) in [7, 11) is 0. The molecule has 0 bridgehead atoms. The van der Waals surface area contributed by atoms with Crippen LogP contribution in [0.15, 0.2) is 47.2 Å². The van der Waals surface area contributed by atoms with Gasteiger partial charge in [0.05, 0.1) is 16.2 Å². The fraction of sp³-hybridized carbons (Fsp3) is 0. The third kappa shape index (κ3) is 2.53. The molecule has 2 aromatic heterocycles. The summed E-state index contributed by atoms with van der Waals surface area (Å²) in [5.41, 5.74) is 1.78. The van der Waals surface area contributed by atoms with Gasteiger partial charge in [-0.15, -0.1) is 0 Å². The fourth-order valence-corrected chi connectivity index (χ4v) is 2.05. The first-order chi connectivity index (χ1) is 9.63. The molecule has 0 aliphatic rings. The van der Waals surface area contributed by atoms with E-state index in [4.69, 9.17) is 27.7 Å². The minimum atomic E-state index is -0.429. The Bertz CT molecular complexity index is 773. The summed E-state index contributed by atoms with van der Waals surface area (Å²) < 4.78 is 18.4. The van der Waals surface area contributed by atoms with Crippen LogP contribution in [0.25, 0.3) is 22.6 Å². The van der Waals surface area contributed by atoms with Gasteiger partial charge in [0.2, 0.25) is 0 Å². The van der Waals surface area contributed by atoms with Gasteiger partial charge in [-0.1, -0.05) is 28.4 Å². The third-order valence-corrected chi connectivity index (χ3v) is 3.45. The van der Waals surface area contributed by atoms with Gasteiger partial charge >= 0.3 is 0 Å². The highest BCUT2D eigenvalue weighted by Crippen LogP contribution is 2.30. The Morgan fingerprint density at radius 1 is 0.950 bits per heavy atom. The van der Waals surface area contributed by atoms with E-state index in [0.29, 0.717) is 27.1 Å². The van der Waals surface area contributed by atoms with E-state index < -0.39 is 5.82 Å². The van der Waals surface area contributed by atoms with Crippen LogP contribution < -0.4 is 0 Å². The van der Waals surface area contributed by atoms with E-state index >= 15 is 0 Å². The van der Waals surface area contributed by atoms with Crippen molar-refractivity contribution >= 4 is 23.2 Å². The van der Waals surface area contributed by atoms with Crippen LogP contribution in [0.3, 0.4) is 0 Å². The van der Waals surface area contributed by atoms with E-state index in [1.54, 1.807) is 24.3 Å². The molecule has 3 nitrogen and oxygen atoms in total. The van der Waals surface area contributed by atoms with Crippen LogP contribution in [0.1, 0.15) is 0 Å². The first kappa shape index (κ1) is 13.1. The number of hydrogen-bond acceptors (Lipinski definition) is 3. The molecule has 0 spiro atoms. The molecule has 20 heavy (non-hydrogen) atoms. The fourth-order valence-electron chi connectivity index (χ4n) is 1.75. The van der Waals surface area contributed by atoms with Gasteiger partial charge in [-0.3, -0.25) is 4.98 Å². The quantitative estimate of drug-likeness (QED) is 0.679. The van der Waals surface area contributed by atoms with E-state index in [9.17, 15) is 4.39 Å². The molecule has 3 aromatic rings. The summed E-state index contributed by atoms with van der Waals surface area (Å²) in [4.78, 5) is 3.77. The summed E-state index contributed by atoms with van der Waals surface area (Å²) >= 11 is 11.8. The topological polar surface area (TPSA) is 38.9 Å². The lowest BCUT2D eigenvalue weighted by atomic mass is 10.1. The number of hydrogen-bond donors (Lipinski definition) is 0. The van der Waals surface area contributed by atoms with Crippen molar-refractivity contribution in [3.8, 4) is 22.6 Å². The molecular weight excluding hydrogens is 302 g/mol. The van der Waals surface area contributed by atoms with E-state index in [1.165, 1.54) is 12.3 Å². The lowest BCUT2D eigenvalue weighted by Gasteiger charge is -1.98. The molecular formula is C14H7Cl2FN2O. The number of halogens is 3. The van der Waals surface area contributed by atoms with E-state index in [-0.39, 0.29) is 0 Å². The van der Waals surface area contributed by atoms with E-state index in [1.807, 2.05) is 0 Å². The highest BCUT2D eigenvalue weighted by molar-refractivity contribution is 6.42. The highest BCUT2D eigenvalue weighted by Gasteiger charge is 2.10. The van der Waals surface area contributed by atoms with Crippen molar-refractivity contribution in [1.82, 2.24) is 10.1 Å². The molecule has 3 rings (SSSR count). The average Bonchev–Trinajstić information content (AvgIpc) is 2.92.